The highest BCUT2D eigenvalue weighted by Gasteiger charge is 2.05. The average Bonchev–Trinajstić information content (AvgIpc) is 2.93. The third-order valence-corrected chi connectivity index (χ3v) is 4.34. The number of halogens is 1. The smallest absolute Gasteiger partial charge is 0.0994 e. The maximum Gasteiger partial charge on any atom is 0.0994 e. The van der Waals surface area contributed by atoms with Crippen molar-refractivity contribution in [1.82, 2.24) is 9.38 Å². The summed E-state index contributed by atoms with van der Waals surface area (Å²) in [5.74, 6) is 0. The largest absolute Gasteiger partial charge is 0.325 e. The van der Waals surface area contributed by atoms with Crippen molar-refractivity contribution < 1.29 is 0 Å². The summed E-state index contributed by atoms with van der Waals surface area (Å²) in [6.07, 6.45) is 3.89. The van der Waals surface area contributed by atoms with E-state index in [2.05, 4.69) is 44.6 Å². The lowest BCUT2D eigenvalue weighted by Crippen LogP contribution is -2.00. The summed E-state index contributed by atoms with van der Waals surface area (Å²) in [4.78, 5) is 5.51. The van der Waals surface area contributed by atoms with Gasteiger partial charge in [0, 0.05) is 38.6 Å². The second-order valence-corrected chi connectivity index (χ2v) is 5.60. The van der Waals surface area contributed by atoms with Crippen LogP contribution in [0.4, 0.5) is 0 Å². The molecule has 3 nitrogen and oxygen atoms in total. The fourth-order valence-electron chi connectivity index (χ4n) is 1.77. The summed E-state index contributed by atoms with van der Waals surface area (Å²) in [5.41, 5.74) is 8.83. The second-order valence-electron chi connectivity index (χ2n) is 3.77. The van der Waals surface area contributed by atoms with Crippen LogP contribution in [0, 0.1) is 0 Å². The van der Waals surface area contributed by atoms with Crippen molar-refractivity contribution in [3.8, 4) is 10.4 Å². The van der Waals surface area contributed by atoms with Crippen molar-refractivity contribution in [2.75, 3.05) is 0 Å². The van der Waals surface area contributed by atoms with Crippen LogP contribution in [-0.2, 0) is 6.54 Å². The average molecular weight is 308 g/mol. The molecule has 0 atom stereocenters. The van der Waals surface area contributed by atoms with Gasteiger partial charge in [-0.2, -0.15) is 0 Å². The van der Waals surface area contributed by atoms with Crippen LogP contribution in [0.5, 0.6) is 0 Å². The number of hydrogen-bond donors (Lipinski definition) is 1. The first-order valence-electron chi connectivity index (χ1n) is 5.17. The summed E-state index contributed by atoms with van der Waals surface area (Å²) >= 11 is 5.19. The summed E-state index contributed by atoms with van der Waals surface area (Å²) in [6, 6.07) is 6.29. The predicted molar refractivity (Wildman–Crippen MR) is 74.1 cm³/mol. The minimum atomic E-state index is 0.474. The van der Waals surface area contributed by atoms with Gasteiger partial charge < -0.3 is 10.1 Å². The zero-order chi connectivity index (χ0) is 11.8. The van der Waals surface area contributed by atoms with Crippen molar-refractivity contribution in [2.24, 2.45) is 5.73 Å². The minimum absolute atomic E-state index is 0.474. The van der Waals surface area contributed by atoms with E-state index in [0.717, 1.165) is 15.7 Å². The topological polar surface area (TPSA) is 43.3 Å². The Kier molecular flexibility index (Phi) is 2.74. The van der Waals surface area contributed by atoms with E-state index < -0.39 is 0 Å². The number of hydrogen-bond acceptors (Lipinski definition) is 3. The number of aromatic nitrogens is 2. The van der Waals surface area contributed by atoms with Gasteiger partial charge in [0.05, 0.1) is 12.0 Å². The van der Waals surface area contributed by atoms with E-state index in [4.69, 9.17) is 5.73 Å². The molecule has 0 fully saturated rings. The molecule has 0 saturated heterocycles. The van der Waals surface area contributed by atoms with E-state index in [1.807, 2.05) is 16.8 Å². The molecule has 3 aromatic heterocycles. The summed E-state index contributed by atoms with van der Waals surface area (Å²) < 4.78 is 3.13. The molecule has 0 radical (unpaired) electrons. The highest BCUT2D eigenvalue weighted by molar-refractivity contribution is 9.10. The van der Waals surface area contributed by atoms with Crippen molar-refractivity contribution in [1.29, 1.82) is 0 Å². The fourth-order valence-corrected chi connectivity index (χ4v) is 3.18. The van der Waals surface area contributed by atoms with Crippen LogP contribution in [0.2, 0.25) is 0 Å². The molecule has 0 aliphatic rings. The second kappa shape index (κ2) is 4.25. The lowest BCUT2D eigenvalue weighted by molar-refractivity contribution is 0.953. The lowest BCUT2D eigenvalue weighted by atomic mass is 10.2. The number of thiophene rings is 1. The lowest BCUT2D eigenvalue weighted by Gasteiger charge is -1.96. The Morgan fingerprint density at radius 1 is 1.35 bits per heavy atom. The van der Waals surface area contributed by atoms with Crippen LogP contribution in [0.3, 0.4) is 0 Å². The maximum absolute atomic E-state index is 5.59. The summed E-state index contributed by atoms with van der Waals surface area (Å²) in [6.45, 7) is 0.474. The molecule has 2 N–H and O–H groups in total. The summed E-state index contributed by atoms with van der Waals surface area (Å²) in [5, 5.41) is 2.08. The SMILES string of the molecule is NCc1cc2cc(-c3cc(Br)cs3)cn2cn1. The van der Waals surface area contributed by atoms with Gasteiger partial charge in [-0.05, 0) is 34.1 Å². The minimum Gasteiger partial charge on any atom is -0.325 e. The molecule has 0 saturated carbocycles. The van der Waals surface area contributed by atoms with Crippen molar-refractivity contribution >= 4 is 32.8 Å². The highest BCUT2D eigenvalue weighted by Crippen LogP contribution is 2.31. The Morgan fingerprint density at radius 2 is 2.24 bits per heavy atom. The monoisotopic (exact) mass is 307 g/mol. The third-order valence-electron chi connectivity index (χ3n) is 2.60. The van der Waals surface area contributed by atoms with Crippen LogP contribution in [-0.4, -0.2) is 9.38 Å². The van der Waals surface area contributed by atoms with Gasteiger partial charge in [-0.15, -0.1) is 11.3 Å². The Labute approximate surface area is 111 Å². The summed E-state index contributed by atoms with van der Waals surface area (Å²) in [7, 11) is 0. The molecule has 0 amide bonds. The van der Waals surface area contributed by atoms with Crippen LogP contribution >= 0.6 is 27.3 Å². The standard InChI is InChI=1S/C12H10BrN3S/c13-9-2-12(17-6-9)8-1-11-3-10(4-14)15-7-16(11)5-8/h1-3,5-7H,4,14H2. The molecule has 0 spiro atoms. The van der Waals surface area contributed by atoms with Gasteiger partial charge in [-0.1, -0.05) is 0 Å². The van der Waals surface area contributed by atoms with Gasteiger partial charge >= 0.3 is 0 Å². The zero-order valence-corrected chi connectivity index (χ0v) is 11.3. The first kappa shape index (κ1) is 11.0. The molecular weight excluding hydrogens is 298 g/mol. The molecule has 0 aliphatic heterocycles. The first-order chi connectivity index (χ1) is 8.26. The number of nitrogens with zero attached hydrogens (tertiary/aromatic N) is 2. The van der Waals surface area contributed by atoms with Gasteiger partial charge in [-0.3, -0.25) is 0 Å². The highest BCUT2D eigenvalue weighted by atomic mass is 79.9. The Hall–Kier alpha value is -1.17. The molecule has 86 valence electrons. The van der Waals surface area contributed by atoms with Gasteiger partial charge in [0.2, 0.25) is 0 Å². The Bertz CT molecular complexity index is 671. The molecular formula is C12H10BrN3S. The molecule has 3 aromatic rings. The van der Waals surface area contributed by atoms with E-state index in [0.29, 0.717) is 6.54 Å². The van der Waals surface area contributed by atoms with E-state index in [9.17, 15) is 0 Å². The molecule has 5 heteroatoms. The normalized spacial score (nSPS) is 11.2. The molecule has 3 rings (SSSR count). The van der Waals surface area contributed by atoms with E-state index in [1.165, 1.54) is 10.4 Å². The van der Waals surface area contributed by atoms with Crippen LogP contribution in [0.15, 0.2) is 40.6 Å². The Morgan fingerprint density at radius 3 is 2.94 bits per heavy atom. The fraction of sp³-hybridized carbons (Fsp3) is 0.0833. The van der Waals surface area contributed by atoms with Crippen molar-refractivity contribution in [3.05, 3.63) is 46.3 Å². The van der Waals surface area contributed by atoms with Crippen LogP contribution < -0.4 is 5.73 Å². The van der Waals surface area contributed by atoms with Gasteiger partial charge in [0.1, 0.15) is 0 Å². The molecule has 0 aromatic carbocycles. The third kappa shape index (κ3) is 2.01. The Balaban J connectivity index is 2.13. The molecule has 17 heavy (non-hydrogen) atoms. The van der Waals surface area contributed by atoms with Gasteiger partial charge in [0.25, 0.3) is 0 Å². The van der Waals surface area contributed by atoms with E-state index in [-0.39, 0.29) is 0 Å². The number of rotatable bonds is 2. The van der Waals surface area contributed by atoms with Gasteiger partial charge in [-0.25, -0.2) is 4.98 Å². The zero-order valence-electron chi connectivity index (χ0n) is 8.93. The first-order valence-corrected chi connectivity index (χ1v) is 6.84. The van der Waals surface area contributed by atoms with Crippen molar-refractivity contribution in [3.63, 3.8) is 0 Å². The van der Waals surface area contributed by atoms with Gasteiger partial charge in [0.15, 0.2) is 0 Å². The van der Waals surface area contributed by atoms with E-state index >= 15 is 0 Å². The number of nitrogens with two attached hydrogens (primary N) is 1. The predicted octanol–water partition coefficient (Wildman–Crippen LogP) is 3.28. The maximum atomic E-state index is 5.59. The van der Waals surface area contributed by atoms with Crippen LogP contribution in [0.25, 0.3) is 16.0 Å². The van der Waals surface area contributed by atoms with E-state index in [1.54, 1.807) is 11.3 Å². The molecule has 3 heterocycles. The van der Waals surface area contributed by atoms with Crippen molar-refractivity contribution in [2.45, 2.75) is 6.54 Å². The molecule has 0 unspecified atom stereocenters. The van der Waals surface area contributed by atoms with Crippen LogP contribution in [0.1, 0.15) is 5.69 Å². The number of fused-ring (bicyclic) bond motifs is 1. The molecule has 0 bridgehead atoms. The quantitative estimate of drug-likeness (QED) is 0.789. The molecule has 0 aliphatic carbocycles.